The number of nitro groups is 1. The highest BCUT2D eigenvalue weighted by Gasteiger charge is 2.20. The van der Waals surface area contributed by atoms with Crippen LogP contribution in [0.4, 0.5) is 21.5 Å². The van der Waals surface area contributed by atoms with E-state index in [4.69, 9.17) is 9.47 Å². The zero-order valence-electron chi connectivity index (χ0n) is 15.9. The average Bonchev–Trinajstić information content (AvgIpc) is 2.63. The van der Waals surface area contributed by atoms with Crippen LogP contribution >= 0.6 is 0 Å². The molecule has 0 aliphatic carbocycles. The van der Waals surface area contributed by atoms with Crippen molar-refractivity contribution < 1.29 is 23.6 Å². The number of rotatable bonds is 9. The summed E-state index contributed by atoms with van der Waals surface area (Å²) in [7, 11) is 1.52. The molecule has 0 radical (unpaired) electrons. The number of benzene rings is 2. The van der Waals surface area contributed by atoms with Crippen molar-refractivity contribution in [2.24, 2.45) is 0 Å². The van der Waals surface area contributed by atoms with Gasteiger partial charge >= 0.3 is 0 Å². The normalized spacial score (nSPS) is 10.3. The summed E-state index contributed by atoms with van der Waals surface area (Å²) >= 11 is 0. The number of carbonyl (C=O) groups excluding carboxylic acids is 1. The van der Waals surface area contributed by atoms with E-state index >= 15 is 0 Å². The highest BCUT2D eigenvalue weighted by Crippen LogP contribution is 2.31. The van der Waals surface area contributed by atoms with Crippen molar-refractivity contribution in [1.29, 1.82) is 0 Å². The summed E-state index contributed by atoms with van der Waals surface area (Å²) in [6.45, 7) is 4.45. The minimum Gasteiger partial charge on any atom is -0.490 e. The molecule has 2 aromatic carbocycles. The molecular formula is C19H22FN3O5. The molecule has 1 amide bonds. The van der Waals surface area contributed by atoms with Crippen LogP contribution in [-0.2, 0) is 4.79 Å². The van der Waals surface area contributed by atoms with Crippen LogP contribution in [0.15, 0.2) is 36.4 Å². The van der Waals surface area contributed by atoms with E-state index in [9.17, 15) is 19.3 Å². The zero-order chi connectivity index (χ0) is 20.7. The number of hydrogen-bond acceptors (Lipinski definition) is 6. The van der Waals surface area contributed by atoms with Crippen LogP contribution in [0.25, 0.3) is 0 Å². The van der Waals surface area contributed by atoms with E-state index in [1.807, 2.05) is 13.8 Å². The first kappa shape index (κ1) is 20.9. The van der Waals surface area contributed by atoms with Gasteiger partial charge in [0.25, 0.3) is 5.69 Å². The first-order valence-electron chi connectivity index (χ1n) is 8.70. The predicted molar refractivity (Wildman–Crippen MR) is 104 cm³/mol. The van der Waals surface area contributed by atoms with Crippen molar-refractivity contribution in [3.63, 3.8) is 0 Å². The minimum atomic E-state index is -0.717. The maximum absolute atomic E-state index is 13.3. The number of amides is 1. The van der Waals surface area contributed by atoms with Crippen molar-refractivity contribution in [1.82, 2.24) is 0 Å². The van der Waals surface area contributed by atoms with Gasteiger partial charge in [-0.2, -0.15) is 0 Å². The van der Waals surface area contributed by atoms with E-state index in [2.05, 4.69) is 5.32 Å². The lowest BCUT2D eigenvalue weighted by atomic mass is 10.2. The first-order chi connectivity index (χ1) is 13.3. The predicted octanol–water partition coefficient (Wildman–Crippen LogP) is 3.61. The topological polar surface area (TPSA) is 93.9 Å². The van der Waals surface area contributed by atoms with E-state index < -0.39 is 22.3 Å². The first-order valence-corrected chi connectivity index (χ1v) is 8.70. The fraction of sp³-hybridized carbons (Fsp3) is 0.316. The Morgan fingerprint density at radius 2 is 1.82 bits per heavy atom. The molecule has 0 atom stereocenters. The lowest BCUT2D eigenvalue weighted by Crippen LogP contribution is -2.30. The molecule has 28 heavy (non-hydrogen) atoms. The van der Waals surface area contributed by atoms with Crippen molar-refractivity contribution in [2.75, 3.05) is 37.0 Å². The Hall–Kier alpha value is -3.36. The van der Waals surface area contributed by atoms with E-state index in [0.29, 0.717) is 30.4 Å². The molecule has 2 rings (SSSR count). The largest absolute Gasteiger partial charge is 0.490 e. The molecule has 0 spiro atoms. The third-order valence-electron chi connectivity index (χ3n) is 3.75. The maximum Gasteiger partial charge on any atom is 0.295 e. The van der Waals surface area contributed by atoms with Gasteiger partial charge in [0.05, 0.1) is 30.7 Å². The zero-order valence-corrected chi connectivity index (χ0v) is 15.9. The number of hydrogen-bond donors (Lipinski definition) is 1. The van der Waals surface area contributed by atoms with Gasteiger partial charge in [-0.05, 0) is 38.1 Å². The van der Waals surface area contributed by atoms with Crippen LogP contribution in [-0.4, -0.2) is 37.6 Å². The second-order valence-electron chi connectivity index (χ2n) is 5.82. The van der Waals surface area contributed by atoms with Crippen LogP contribution in [0.2, 0.25) is 0 Å². The van der Waals surface area contributed by atoms with Gasteiger partial charge in [-0.1, -0.05) is 0 Å². The Bertz CT molecular complexity index is 859. The molecule has 150 valence electrons. The van der Waals surface area contributed by atoms with Gasteiger partial charge in [0.2, 0.25) is 5.91 Å². The molecule has 8 nitrogen and oxygen atoms in total. The van der Waals surface area contributed by atoms with Crippen LogP contribution < -0.4 is 19.7 Å². The highest BCUT2D eigenvalue weighted by molar-refractivity contribution is 5.94. The van der Waals surface area contributed by atoms with Gasteiger partial charge in [-0.15, -0.1) is 0 Å². The summed E-state index contributed by atoms with van der Waals surface area (Å²) in [5, 5.41) is 13.8. The number of carbonyl (C=O) groups is 1. The van der Waals surface area contributed by atoms with Gasteiger partial charge in [-0.3, -0.25) is 14.9 Å². The number of nitro benzene ring substituents is 1. The Morgan fingerprint density at radius 1 is 1.14 bits per heavy atom. The molecule has 0 aliphatic heterocycles. The summed E-state index contributed by atoms with van der Waals surface area (Å²) in [5.74, 6) is -0.0371. The van der Waals surface area contributed by atoms with Crippen molar-refractivity contribution in [2.45, 2.75) is 13.8 Å². The molecule has 0 aliphatic rings. The SMILES string of the molecule is CCOc1ccc(NC(=O)CN(C)c2ccc(F)cc2[N+](=O)[O-])cc1OCC. The lowest BCUT2D eigenvalue weighted by Gasteiger charge is -2.19. The average molecular weight is 391 g/mol. The lowest BCUT2D eigenvalue weighted by molar-refractivity contribution is -0.384. The van der Waals surface area contributed by atoms with Gasteiger partial charge < -0.3 is 19.7 Å². The Balaban J connectivity index is 2.12. The van der Waals surface area contributed by atoms with E-state index in [-0.39, 0.29) is 12.2 Å². The van der Waals surface area contributed by atoms with Crippen molar-refractivity contribution >= 4 is 23.0 Å². The molecule has 0 fully saturated rings. The maximum atomic E-state index is 13.3. The number of nitrogens with zero attached hydrogens (tertiary/aromatic N) is 2. The van der Waals surface area contributed by atoms with E-state index in [0.717, 1.165) is 12.1 Å². The third kappa shape index (κ3) is 5.32. The number of anilines is 2. The summed E-state index contributed by atoms with van der Waals surface area (Å²) in [6, 6.07) is 8.21. The molecule has 0 aromatic heterocycles. The van der Waals surface area contributed by atoms with E-state index in [1.165, 1.54) is 18.0 Å². The van der Waals surface area contributed by atoms with Crippen molar-refractivity contribution in [3.8, 4) is 11.5 Å². The number of ether oxygens (including phenoxy) is 2. The Labute approximate surface area is 162 Å². The van der Waals surface area contributed by atoms with Gasteiger partial charge in [0.1, 0.15) is 11.5 Å². The molecule has 1 N–H and O–H groups in total. The summed E-state index contributed by atoms with van der Waals surface area (Å²) < 4.78 is 24.3. The summed E-state index contributed by atoms with van der Waals surface area (Å²) in [4.78, 5) is 24.2. The fourth-order valence-electron chi connectivity index (χ4n) is 2.60. The number of halogens is 1. The van der Waals surface area contributed by atoms with Gasteiger partial charge in [0.15, 0.2) is 11.5 Å². The second kappa shape index (κ2) is 9.54. The quantitative estimate of drug-likeness (QED) is 0.518. The van der Waals surface area contributed by atoms with Crippen LogP contribution in [0, 0.1) is 15.9 Å². The second-order valence-corrected chi connectivity index (χ2v) is 5.82. The summed E-state index contributed by atoms with van der Waals surface area (Å²) in [5.41, 5.74) is 0.233. The standard InChI is InChI=1S/C19H22FN3O5/c1-4-27-17-9-7-14(11-18(17)28-5-2)21-19(24)12-22(3)15-8-6-13(20)10-16(15)23(25)26/h6-11H,4-5,12H2,1-3H3,(H,21,24). The molecule has 0 saturated heterocycles. The molecular weight excluding hydrogens is 369 g/mol. The minimum absolute atomic E-state index is 0.142. The van der Waals surface area contributed by atoms with Gasteiger partial charge in [0, 0.05) is 18.8 Å². The number of nitrogens with one attached hydrogen (secondary N) is 1. The molecule has 0 heterocycles. The molecule has 9 heteroatoms. The van der Waals surface area contributed by atoms with Crippen molar-refractivity contribution in [3.05, 3.63) is 52.3 Å². The van der Waals surface area contributed by atoms with Gasteiger partial charge in [-0.25, -0.2) is 4.39 Å². The smallest absolute Gasteiger partial charge is 0.295 e. The molecule has 0 saturated carbocycles. The third-order valence-corrected chi connectivity index (χ3v) is 3.75. The molecule has 2 aromatic rings. The van der Waals surface area contributed by atoms with Crippen LogP contribution in [0.1, 0.15) is 13.8 Å². The molecule has 0 bridgehead atoms. The monoisotopic (exact) mass is 391 g/mol. The Morgan fingerprint density at radius 3 is 2.46 bits per heavy atom. The Kier molecular flexibility index (Phi) is 7.14. The summed E-state index contributed by atoms with van der Waals surface area (Å²) in [6.07, 6.45) is 0. The van der Waals surface area contributed by atoms with Crippen LogP contribution in [0.5, 0.6) is 11.5 Å². The van der Waals surface area contributed by atoms with Crippen LogP contribution in [0.3, 0.4) is 0 Å². The number of likely N-dealkylation sites (N-methyl/N-ethyl adjacent to an activating group) is 1. The highest BCUT2D eigenvalue weighted by atomic mass is 19.1. The molecule has 0 unspecified atom stereocenters. The van der Waals surface area contributed by atoms with E-state index in [1.54, 1.807) is 18.2 Å². The fourth-order valence-corrected chi connectivity index (χ4v) is 2.60.